The molecule has 0 spiro atoms. The number of hydrogen-bond donors (Lipinski definition) is 3. The highest BCUT2D eigenvalue weighted by molar-refractivity contribution is 5.73. The van der Waals surface area contributed by atoms with Crippen LogP contribution in [0.3, 0.4) is 0 Å². The molecule has 0 aromatic carbocycles. The van der Waals surface area contributed by atoms with Crippen molar-refractivity contribution in [2.24, 2.45) is 17.2 Å². The van der Waals surface area contributed by atoms with Gasteiger partial charge in [0.1, 0.15) is 6.61 Å². The lowest BCUT2D eigenvalue weighted by atomic mass is 10.2. The van der Waals surface area contributed by atoms with Crippen LogP contribution in [0.4, 0.5) is 4.79 Å². The van der Waals surface area contributed by atoms with Gasteiger partial charge in [-0.2, -0.15) is 0 Å². The Hall–Kier alpha value is -1.30. The van der Waals surface area contributed by atoms with E-state index in [0.717, 1.165) is 0 Å². The molecule has 1 unspecified atom stereocenters. The molecule has 6 N–H and O–H groups in total. The van der Waals surface area contributed by atoms with Gasteiger partial charge >= 0.3 is 6.09 Å². The molecule has 1 atom stereocenters. The predicted octanol–water partition coefficient (Wildman–Crippen LogP) is -1.33. The molecule has 6 heteroatoms. The second kappa shape index (κ2) is 5.36. The first-order chi connectivity index (χ1) is 5.52. The van der Waals surface area contributed by atoms with Crippen LogP contribution in [0.1, 0.15) is 12.8 Å². The Kier molecular flexibility index (Phi) is 4.78. The number of carbonyl (C=O) groups is 2. The first-order valence-corrected chi connectivity index (χ1v) is 3.48. The monoisotopic (exact) mass is 175 g/mol. The molecule has 0 aliphatic carbocycles. The van der Waals surface area contributed by atoms with E-state index >= 15 is 0 Å². The highest BCUT2D eigenvalue weighted by atomic mass is 16.5. The molecule has 70 valence electrons. The summed E-state index contributed by atoms with van der Waals surface area (Å²) in [4.78, 5) is 20.4. The summed E-state index contributed by atoms with van der Waals surface area (Å²) >= 11 is 0. The summed E-state index contributed by atoms with van der Waals surface area (Å²) in [6.45, 7) is 0.0165. The Morgan fingerprint density at radius 2 is 1.92 bits per heavy atom. The molecule has 0 radical (unpaired) electrons. The van der Waals surface area contributed by atoms with E-state index in [1.807, 2.05) is 0 Å². The summed E-state index contributed by atoms with van der Waals surface area (Å²) in [6.07, 6.45) is -0.296. The fourth-order valence-electron chi connectivity index (χ4n) is 0.600. The highest BCUT2D eigenvalue weighted by Crippen LogP contribution is 1.93. The Labute approximate surface area is 70.0 Å². The standard InChI is InChI=1S/C6H13N3O3/c7-4(1-2-5(8)10)3-12-6(9)11/h4H,1-3,7H2,(H2,8,10)(H2,9,11). The molecule has 0 rings (SSSR count). The van der Waals surface area contributed by atoms with E-state index in [2.05, 4.69) is 10.5 Å². The molecule has 6 nitrogen and oxygen atoms in total. The minimum absolute atomic E-state index is 0.0165. The fraction of sp³-hybridized carbons (Fsp3) is 0.667. The van der Waals surface area contributed by atoms with Crippen molar-refractivity contribution in [3.8, 4) is 0 Å². The number of hydrogen-bond acceptors (Lipinski definition) is 4. The molecule has 0 aliphatic heterocycles. The number of ether oxygens (including phenoxy) is 1. The topological polar surface area (TPSA) is 121 Å². The van der Waals surface area contributed by atoms with Crippen LogP contribution >= 0.6 is 0 Å². The Bertz CT molecular complexity index is 153. The van der Waals surface area contributed by atoms with Crippen molar-refractivity contribution in [2.45, 2.75) is 18.9 Å². The first kappa shape index (κ1) is 10.7. The van der Waals surface area contributed by atoms with Crippen molar-refractivity contribution in [1.82, 2.24) is 0 Å². The smallest absolute Gasteiger partial charge is 0.404 e. The quantitative estimate of drug-likeness (QED) is 0.479. The molecule has 0 saturated carbocycles. The number of carbonyl (C=O) groups excluding carboxylic acids is 2. The zero-order valence-electron chi connectivity index (χ0n) is 6.66. The molecule has 0 aromatic rings. The third-order valence-electron chi connectivity index (χ3n) is 1.20. The van der Waals surface area contributed by atoms with Crippen molar-refractivity contribution in [1.29, 1.82) is 0 Å². The van der Waals surface area contributed by atoms with Crippen LogP contribution in [0.5, 0.6) is 0 Å². The third-order valence-corrected chi connectivity index (χ3v) is 1.20. The zero-order valence-corrected chi connectivity index (χ0v) is 6.66. The van der Waals surface area contributed by atoms with Crippen molar-refractivity contribution in [3.05, 3.63) is 0 Å². The van der Waals surface area contributed by atoms with Crippen LogP contribution in [0.25, 0.3) is 0 Å². The lowest BCUT2D eigenvalue weighted by Gasteiger charge is -2.08. The molecular formula is C6H13N3O3. The first-order valence-electron chi connectivity index (χ1n) is 3.48. The molecule has 0 aromatic heterocycles. The molecule has 0 fully saturated rings. The molecular weight excluding hydrogens is 162 g/mol. The van der Waals surface area contributed by atoms with Crippen LogP contribution in [0.15, 0.2) is 0 Å². The van der Waals surface area contributed by atoms with E-state index in [-0.39, 0.29) is 19.1 Å². The van der Waals surface area contributed by atoms with Gasteiger partial charge in [-0.15, -0.1) is 0 Å². The SMILES string of the molecule is NC(=O)CCC(N)COC(N)=O. The maximum Gasteiger partial charge on any atom is 0.404 e. The van der Waals surface area contributed by atoms with Gasteiger partial charge in [-0.25, -0.2) is 4.79 Å². The lowest BCUT2D eigenvalue weighted by molar-refractivity contribution is -0.118. The number of primary amides is 2. The molecule has 2 amide bonds. The van der Waals surface area contributed by atoms with Gasteiger partial charge in [0.25, 0.3) is 0 Å². The summed E-state index contributed by atoms with van der Waals surface area (Å²) in [7, 11) is 0. The second-order valence-electron chi connectivity index (χ2n) is 2.40. The summed E-state index contributed by atoms with van der Waals surface area (Å²) < 4.78 is 4.40. The number of rotatable bonds is 5. The fourth-order valence-corrected chi connectivity index (χ4v) is 0.600. The molecule has 0 saturated heterocycles. The summed E-state index contributed by atoms with van der Waals surface area (Å²) in [5, 5.41) is 0. The number of nitrogens with two attached hydrogens (primary N) is 3. The largest absolute Gasteiger partial charge is 0.448 e. The van der Waals surface area contributed by atoms with E-state index in [4.69, 9.17) is 11.5 Å². The summed E-state index contributed by atoms with van der Waals surface area (Å²) in [6, 6.07) is -0.384. The maximum atomic E-state index is 10.3. The van der Waals surface area contributed by atoms with Crippen LogP contribution in [-0.4, -0.2) is 24.6 Å². The highest BCUT2D eigenvalue weighted by Gasteiger charge is 2.06. The van der Waals surface area contributed by atoms with Gasteiger partial charge in [-0.1, -0.05) is 0 Å². The van der Waals surface area contributed by atoms with Crippen LogP contribution in [0, 0.1) is 0 Å². The number of amides is 2. The van der Waals surface area contributed by atoms with Gasteiger partial charge < -0.3 is 21.9 Å². The minimum atomic E-state index is -0.871. The third kappa shape index (κ3) is 6.81. The lowest BCUT2D eigenvalue weighted by Crippen LogP contribution is -2.30. The Balaban J connectivity index is 3.39. The molecule has 12 heavy (non-hydrogen) atoms. The minimum Gasteiger partial charge on any atom is -0.448 e. The summed E-state index contributed by atoms with van der Waals surface area (Å²) in [5.74, 6) is -0.426. The predicted molar refractivity (Wildman–Crippen MR) is 41.9 cm³/mol. The normalized spacial score (nSPS) is 12.1. The van der Waals surface area contributed by atoms with E-state index in [9.17, 15) is 9.59 Å². The van der Waals surface area contributed by atoms with E-state index < -0.39 is 12.0 Å². The van der Waals surface area contributed by atoms with Gasteiger partial charge in [0, 0.05) is 12.5 Å². The van der Waals surface area contributed by atoms with E-state index in [0.29, 0.717) is 6.42 Å². The van der Waals surface area contributed by atoms with Gasteiger partial charge in [0.15, 0.2) is 0 Å². The summed E-state index contributed by atoms with van der Waals surface area (Å²) in [5.41, 5.74) is 15.0. The van der Waals surface area contributed by atoms with Gasteiger partial charge in [0.2, 0.25) is 5.91 Å². The van der Waals surface area contributed by atoms with E-state index in [1.54, 1.807) is 0 Å². The Morgan fingerprint density at radius 3 is 2.33 bits per heavy atom. The average molecular weight is 175 g/mol. The van der Waals surface area contributed by atoms with Gasteiger partial charge in [0.05, 0.1) is 0 Å². The van der Waals surface area contributed by atoms with Crippen LogP contribution in [-0.2, 0) is 9.53 Å². The average Bonchev–Trinajstić information content (AvgIpc) is 1.96. The second-order valence-corrected chi connectivity index (χ2v) is 2.40. The van der Waals surface area contributed by atoms with Crippen molar-refractivity contribution < 1.29 is 14.3 Å². The van der Waals surface area contributed by atoms with Gasteiger partial charge in [-0.3, -0.25) is 4.79 Å². The van der Waals surface area contributed by atoms with Crippen LogP contribution < -0.4 is 17.2 Å². The molecule has 0 heterocycles. The van der Waals surface area contributed by atoms with E-state index in [1.165, 1.54) is 0 Å². The van der Waals surface area contributed by atoms with Crippen molar-refractivity contribution in [3.63, 3.8) is 0 Å². The Morgan fingerprint density at radius 1 is 1.33 bits per heavy atom. The zero-order chi connectivity index (χ0) is 9.56. The van der Waals surface area contributed by atoms with Crippen LogP contribution in [0.2, 0.25) is 0 Å². The molecule has 0 bridgehead atoms. The van der Waals surface area contributed by atoms with Crippen molar-refractivity contribution >= 4 is 12.0 Å². The van der Waals surface area contributed by atoms with Crippen molar-refractivity contribution in [2.75, 3.05) is 6.61 Å². The maximum absolute atomic E-state index is 10.3. The van der Waals surface area contributed by atoms with Gasteiger partial charge in [-0.05, 0) is 6.42 Å². The molecule has 0 aliphatic rings.